The molecule has 176 valence electrons. The SMILES string of the molecule is CCCOc1cccc(C2/C(=C(\O)c3ccccc3)C(=O)C(=O)N2c2nc3ccc(C)cc3s2)c1. The van der Waals surface area contributed by atoms with Crippen molar-refractivity contribution in [3.8, 4) is 5.75 Å². The lowest BCUT2D eigenvalue weighted by atomic mass is 9.95. The molecule has 2 heterocycles. The number of Topliss-reactive ketones (excluding diaryl/α,β-unsaturated/α-hetero) is 1. The van der Waals surface area contributed by atoms with Gasteiger partial charge in [0, 0.05) is 5.56 Å². The normalized spacial score (nSPS) is 17.3. The van der Waals surface area contributed by atoms with E-state index in [9.17, 15) is 14.7 Å². The van der Waals surface area contributed by atoms with Crippen molar-refractivity contribution >= 4 is 44.1 Å². The van der Waals surface area contributed by atoms with Crippen molar-refractivity contribution in [2.75, 3.05) is 11.5 Å². The van der Waals surface area contributed by atoms with Crippen LogP contribution in [-0.4, -0.2) is 28.4 Å². The minimum atomic E-state index is -0.845. The Morgan fingerprint density at radius 1 is 1.06 bits per heavy atom. The zero-order valence-electron chi connectivity index (χ0n) is 19.4. The summed E-state index contributed by atoms with van der Waals surface area (Å²) in [6.07, 6.45) is 0.849. The number of anilines is 1. The van der Waals surface area contributed by atoms with Crippen LogP contribution >= 0.6 is 11.3 Å². The Kier molecular flexibility index (Phi) is 6.09. The summed E-state index contributed by atoms with van der Waals surface area (Å²) >= 11 is 1.35. The number of amides is 1. The van der Waals surface area contributed by atoms with E-state index in [-0.39, 0.29) is 11.3 Å². The van der Waals surface area contributed by atoms with Crippen molar-refractivity contribution < 1.29 is 19.4 Å². The fourth-order valence-electron chi connectivity index (χ4n) is 4.21. The molecule has 1 amide bonds. The fourth-order valence-corrected chi connectivity index (χ4v) is 5.30. The molecule has 5 rings (SSSR count). The van der Waals surface area contributed by atoms with E-state index in [2.05, 4.69) is 4.98 Å². The number of thiazole rings is 1. The second kappa shape index (κ2) is 9.35. The minimum Gasteiger partial charge on any atom is -0.507 e. The van der Waals surface area contributed by atoms with E-state index in [1.54, 1.807) is 24.3 Å². The topological polar surface area (TPSA) is 79.7 Å². The van der Waals surface area contributed by atoms with E-state index in [0.29, 0.717) is 28.6 Å². The van der Waals surface area contributed by atoms with Crippen molar-refractivity contribution in [3.05, 3.63) is 95.1 Å². The van der Waals surface area contributed by atoms with E-state index in [1.165, 1.54) is 16.2 Å². The molecule has 1 fully saturated rings. The zero-order chi connectivity index (χ0) is 24.5. The lowest BCUT2D eigenvalue weighted by Gasteiger charge is -2.23. The molecule has 3 aromatic carbocycles. The monoisotopic (exact) mass is 484 g/mol. The maximum Gasteiger partial charge on any atom is 0.301 e. The highest BCUT2D eigenvalue weighted by Gasteiger charge is 2.48. The van der Waals surface area contributed by atoms with Crippen LogP contribution in [0.25, 0.3) is 16.0 Å². The number of carbonyl (C=O) groups excluding carboxylic acids is 2. The number of rotatable bonds is 6. The Morgan fingerprint density at radius 2 is 1.86 bits per heavy atom. The molecule has 1 aromatic heterocycles. The summed E-state index contributed by atoms with van der Waals surface area (Å²) < 4.78 is 6.73. The van der Waals surface area contributed by atoms with Crippen LogP contribution in [0, 0.1) is 6.92 Å². The summed E-state index contributed by atoms with van der Waals surface area (Å²) in [6.45, 7) is 4.56. The molecule has 35 heavy (non-hydrogen) atoms. The maximum atomic E-state index is 13.4. The van der Waals surface area contributed by atoms with Crippen LogP contribution in [0.4, 0.5) is 5.13 Å². The summed E-state index contributed by atoms with van der Waals surface area (Å²) in [5, 5.41) is 11.6. The Balaban J connectivity index is 1.70. The molecule has 1 N–H and O–H groups in total. The van der Waals surface area contributed by atoms with Crippen LogP contribution in [0.1, 0.15) is 36.1 Å². The molecule has 4 aromatic rings. The predicted molar refractivity (Wildman–Crippen MR) is 138 cm³/mol. The van der Waals surface area contributed by atoms with Crippen LogP contribution in [0.3, 0.4) is 0 Å². The molecule has 1 saturated heterocycles. The van der Waals surface area contributed by atoms with E-state index >= 15 is 0 Å². The van der Waals surface area contributed by atoms with Crippen LogP contribution in [0.5, 0.6) is 5.75 Å². The van der Waals surface area contributed by atoms with Crippen molar-refractivity contribution in [1.82, 2.24) is 4.98 Å². The number of hydrogen-bond donors (Lipinski definition) is 1. The van der Waals surface area contributed by atoms with Gasteiger partial charge in [-0.15, -0.1) is 0 Å². The second-order valence-electron chi connectivity index (χ2n) is 8.42. The van der Waals surface area contributed by atoms with Crippen LogP contribution in [-0.2, 0) is 9.59 Å². The van der Waals surface area contributed by atoms with Gasteiger partial charge in [-0.25, -0.2) is 4.98 Å². The lowest BCUT2D eigenvalue weighted by molar-refractivity contribution is -0.132. The predicted octanol–water partition coefficient (Wildman–Crippen LogP) is 6.02. The van der Waals surface area contributed by atoms with E-state index in [1.807, 2.05) is 62.4 Å². The molecule has 7 heteroatoms. The molecule has 0 bridgehead atoms. The number of aromatic nitrogens is 1. The van der Waals surface area contributed by atoms with Gasteiger partial charge in [0.15, 0.2) is 5.13 Å². The number of benzene rings is 3. The third-order valence-electron chi connectivity index (χ3n) is 5.88. The van der Waals surface area contributed by atoms with E-state index < -0.39 is 17.7 Å². The number of aliphatic hydroxyl groups is 1. The highest BCUT2D eigenvalue weighted by Crippen LogP contribution is 2.44. The number of aliphatic hydroxyl groups excluding tert-OH is 1. The smallest absolute Gasteiger partial charge is 0.301 e. The lowest BCUT2D eigenvalue weighted by Crippen LogP contribution is -2.29. The van der Waals surface area contributed by atoms with Gasteiger partial charge in [0.2, 0.25) is 0 Å². The maximum absolute atomic E-state index is 13.4. The van der Waals surface area contributed by atoms with Crippen LogP contribution < -0.4 is 9.64 Å². The molecule has 0 aliphatic carbocycles. The van der Waals surface area contributed by atoms with Gasteiger partial charge in [0.1, 0.15) is 11.5 Å². The summed E-state index contributed by atoms with van der Waals surface area (Å²) in [6, 6.07) is 21.1. The molecule has 6 nitrogen and oxygen atoms in total. The highest BCUT2D eigenvalue weighted by molar-refractivity contribution is 7.22. The van der Waals surface area contributed by atoms with Gasteiger partial charge in [-0.05, 0) is 48.7 Å². The van der Waals surface area contributed by atoms with E-state index in [0.717, 1.165) is 22.2 Å². The van der Waals surface area contributed by atoms with Crippen molar-refractivity contribution in [2.24, 2.45) is 0 Å². The fraction of sp³-hybridized carbons (Fsp3) is 0.179. The Bertz CT molecular complexity index is 1460. The second-order valence-corrected chi connectivity index (χ2v) is 9.43. The number of carbonyl (C=O) groups is 2. The minimum absolute atomic E-state index is 0.0317. The van der Waals surface area contributed by atoms with E-state index in [4.69, 9.17) is 4.74 Å². The molecular formula is C28H24N2O4S. The molecule has 0 saturated carbocycles. The summed E-state index contributed by atoms with van der Waals surface area (Å²) in [7, 11) is 0. The van der Waals surface area contributed by atoms with Gasteiger partial charge in [0.05, 0.1) is 28.4 Å². The van der Waals surface area contributed by atoms with Gasteiger partial charge >= 0.3 is 5.91 Å². The molecule has 1 aliphatic rings. The Hall–Kier alpha value is -3.97. The highest BCUT2D eigenvalue weighted by atomic mass is 32.1. The number of ether oxygens (including phenoxy) is 1. The van der Waals surface area contributed by atoms with Crippen LogP contribution in [0.2, 0.25) is 0 Å². The van der Waals surface area contributed by atoms with Gasteiger partial charge in [-0.2, -0.15) is 0 Å². The quantitative estimate of drug-likeness (QED) is 0.206. The third-order valence-corrected chi connectivity index (χ3v) is 6.89. The molecule has 1 unspecified atom stereocenters. The first kappa shape index (κ1) is 22.8. The first-order valence-electron chi connectivity index (χ1n) is 11.4. The average molecular weight is 485 g/mol. The van der Waals surface area contributed by atoms with Crippen LogP contribution in [0.15, 0.2) is 78.4 Å². The summed E-state index contributed by atoms with van der Waals surface area (Å²) in [5.74, 6) is -1.04. The van der Waals surface area contributed by atoms with Crippen molar-refractivity contribution in [1.29, 1.82) is 0 Å². The first-order valence-corrected chi connectivity index (χ1v) is 12.3. The standard InChI is InChI=1S/C28H24N2O4S/c1-3-14-34-20-11-7-10-19(16-20)24-23(25(31)18-8-5-4-6-9-18)26(32)27(33)30(24)28-29-21-13-12-17(2)15-22(21)35-28/h4-13,15-16,24,31H,3,14H2,1-2H3/b25-23+. The van der Waals surface area contributed by atoms with Crippen molar-refractivity contribution in [3.63, 3.8) is 0 Å². The zero-order valence-corrected chi connectivity index (χ0v) is 20.2. The molecule has 0 spiro atoms. The van der Waals surface area contributed by atoms with Crippen molar-refractivity contribution in [2.45, 2.75) is 26.3 Å². The number of hydrogen-bond acceptors (Lipinski definition) is 6. The average Bonchev–Trinajstić information content (AvgIpc) is 3.40. The number of nitrogens with zero attached hydrogens (tertiary/aromatic N) is 2. The van der Waals surface area contributed by atoms with Gasteiger partial charge in [-0.3, -0.25) is 14.5 Å². The third kappa shape index (κ3) is 4.19. The Labute approximate surface area is 207 Å². The summed E-state index contributed by atoms with van der Waals surface area (Å²) in [4.78, 5) is 32.8. The van der Waals surface area contributed by atoms with Gasteiger partial charge < -0.3 is 9.84 Å². The summed E-state index contributed by atoms with van der Waals surface area (Å²) in [5.41, 5.74) is 2.99. The largest absolute Gasteiger partial charge is 0.507 e. The number of aryl methyl sites for hydroxylation is 1. The molecule has 0 radical (unpaired) electrons. The number of fused-ring (bicyclic) bond motifs is 1. The molecular weight excluding hydrogens is 460 g/mol. The molecule has 1 atom stereocenters. The number of ketones is 1. The Morgan fingerprint density at radius 3 is 2.63 bits per heavy atom. The van der Waals surface area contributed by atoms with Gasteiger partial charge in [0.25, 0.3) is 5.78 Å². The molecule has 1 aliphatic heterocycles. The first-order chi connectivity index (χ1) is 17.0. The van der Waals surface area contributed by atoms with Gasteiger partial charge in [-0.1, -0.05) is 66.8 Å².